The van der Waals surface area contributed by atoms with Gasteiger partial charge in [0, 0.05) is 56.7 Å². The van der Waals surface area contributed by atoms with Gasteiger partial charge in [-0.2, -0.15) is 0 Å². The lowest BCUT2D eigenvalue weighted by atomic mass is 10.2. The molecule has 1 aromatic heterocycles. The lowest BCUT2D eigenvalue weighted by Crippen LogP contribution is -2.44. The number of carbonyl (C=O) groups excluding carboxylic acids is 1. The van der Waals surface area contributed by atoms with Crippen LogP contribution in [0.2, 0.25) is 0 Å². The monoisotopic (exact) mass is 416 g/mol. The maximum atomic E-state index is 12.0. The Morgan fingerprint density at radius 1 is 0.839 bits per heavy atom. The number of carbonyl (C=O) groups is 1. The second-order valence-corrected chi connectivity index (χ2v) is 8.28. The molecule has 2 fully saturated rings. The van der Waals surface area contributed by atoms with Gasteiger partial charge in [0.15, 0.2) is 5.75 Å². The first-order chi connectivity index (χ1) is 15.2. The van der Waals surface area contributed by atoms with Crippen LogP contribution in [0.5, 0.6) is 11.5 Å². The molecule has 2 aliphatic rings. The Morgan fingerprint density at radius 3 is 2.32 bits per heavy atom. The van der Waals surface area contributed by atoms with Crippen LogP contribution in [-0.2, 0) is 4.79 Å². The van der Waals surface area contributed by atoms with Crippen molar-refractivity contribution in [3.63, 3.8) is 0 Å². The van der Waals surface area contributed by atoms with Crippen molar-refractivity contribution in [1.82, 2.24) is 9.47 Å². The van der Waals surface area contributed by atoms with Crippen LogP contribution in [0, 0.1) is 0 Å². The summed E-state index contributed by atoms with van der Waals surface area (Å²) in [7, 11) is 2.16. The molecule has 3 heterocycles. The molecule has 0 radical (unpaired) electrons. The molecule has 6 heteroatoms. The molecule has 0 spiro atoms. The van der Waals surface area contributed by atoms with Crippen molar-refractivity contribution in [2.45, 2.75) is 12.8 Å². The number of rotatable bonds is 5. The summed E-state index contributed by atoms with van der Waals surface area (Å²) in [5.41, 5.74) is 3.15. The largest absolute Gasteiger partial charge is 0.454 e. The highest BCUT2D eigenvalue weighted by Crippen LogP contribution is 2.33. The van der Waals surface area contributed by atoms with Gasteiger partial charge < -0.3 is 24.0 Å². The van der Waals surface area contributed by atoms with Crippen LogP contribution in [0.4, 0.5) is 11.4 Å². The van der Waals surface area contributed by atoms with Crippen molar-refractivity contribution in [3.8, 4) is 17.2 Å². The van der Waals surface area contributed by atoms with Gasteiger partial charge >= 0.3 is 0 Å². The molecule has 2 aliphatic heterocycles. The van der Waals surface area contributed by atoms with Gasteiger partial charge in [0.1, 0.15) is 5.75 Å². The van der Waals surface area contributed by atoms with E-state index in [1.807, 2.05) is 64.3 Å². The van der Waals surface area contributed by atoms with Crippen LogP contribution < -0.4 is 14.5 Å². The summed E-state index contributed by atoms with van der Waals surface area (Å²) < 4.78 is 8.33. The Bertz CT molecular complexity index is 1050. The van der Waals surface area contributed by atoms with E-state index in [4.69, 9.17) is 4.74 Å². The molecule has 2 saturated heterocycles. The fraction of sp³-hybridized carbons (Fsp3) is 0.320. The van der Waals surface area contributed by atoms with Crippen molar-refractivity contribution in [2.75, 3.05) is 49.6 Å². The van der Waals surface area contributed by atoms with E-state index in [0.29, 0.717) is 6.42 Å². The van der Waals surface area contributed by atoms with Crippen LogP contribution in [0.1, 0.15) is 12.8 Å². The Kier molecular flexibility index (Phi) is 5.38. The number of piperazine rings is 1. The minimum Gasteiger partial charge on any atom is -0.454 e. The predicted octanol–water partition coefficient (Wildman–Crippen LogP) is 4.15. The summed E-state index contributed by atoms with van der Waals surface area (Å²) in [5.74, 6) is 1.90. The van der Waals surface area contributed by atoms with E-state index < -0.39 is 0 Å². The van der Waals surface area contributed by atoms with E-state index in [1.165, 1.54) is 0 Å². The van der Waals surface area contributed by atoms with Crippen molar-refractivity contribution in [1.29, 1.82) is 0 Å². The number of nitrogens with zero attached hydrogens (tertiary/aromatic N) is 4. The summed E-state index contributed by atoms with van der Waals surface area (Å²) in [4.78, 5) is 18.6. The number of para-hydroxylation sites is 2. The van der Waals surface area contributed by atoms with Crippen LogP contribution in [-0.4, -0.2) is 55.1 Å². The maximum Gasteiger partial charge on any atom is 0.227 e. The smallest absolute Gasteiger partial charge is 0.227 e. The van der Waals surface area contributed by atoms with E-state index in [2.05, 4.69) is 29.0 Å². The van der Waals surface area contributed by atoms with Gasteiger partial charge in [-0.25, -0.2) is 0 Å². The standard InChI is InChI=1S/C25H28N4O2/c1-26-15-17-27(18-16-26)23-5-2-3-6-24(23)31-22-12-14-28(19-22)20-8-10-21(11-9-20)29-13-4-7-25(29)30/h2-3,5-6,8-12,14,19H,4,7,13,15-18H2,1H3. The first kappa shape index (κ1) is 19.7. The third-order valence-corrected chi connectivity index (χ3v) is 6.14. The summed E-state index contributed by atoms with van der Waals surface area (Å²) >= 11 is 0. The highest BCUT2D eigenvalue weighted by atomic mass is 16.5. The van der Waals surface area contributed by atoms with Gasteiger partial charge in [-0.1, -0.05) is 12.1 Å². The Hall–Kier alpha value is -3.25. The third-order valence-electron chi connectivity index (χ3n) is 6.14. The average molecular weight is 417 g/mol. The number of hydrogen-bond acceptors (Lipinski definition) is 4. The van der Waals surface area contributed by atoms with Crippen molar-refractivity contribution in [2.24, 2.45) is 0 Å². The summed E-state index contributed by atoms with van der Waals surface area (Å²) in [6.45, 7) is 4.94. The number of ether oxygens (including phenoxy) is 1. The molecular weight excluding hydrogens is 388 g/mol. The zero-order chi connectivity index (χ0) is 21.2. The first-order valence-corrected chi connectivity index (χ1v) is 11.0. The molecule has 6 nitrogen and oxygen atoms in total. The van der Waals surface area contributed by atoms with Gasteiger partial charge in [-0.15, -0.1) is 0 Å². The van der Waals surface area contributed by atoms with Gasteiger partial charge in [-0.05, 0) is 55.9 Å². The van der Waals surface area contributed by atoms with Gasteiger partial charge in [0.25, 0.3) is 0 Å². The molecule has 3 aromatic rings. The quantitative estimate of drug-likeness (QED) is 0.627. The van der Waals surface area contributed by atoms with E-state index >= 15 is 0 Å². The van der Waals surface area contributed by atoms with Crippen LogP contribution in [0.15, 0.2) is 67.0 Å². The third kappa shape index (κ3) is 4.16. The second-order valence-electron chi connectivity index (χ2n) is 8.28. The minimum atomic E-state index is 0.211. The molecule has 0 saturated carbocycles. The number of amides is 1. The molecule has 31 heavy (non-hydrogen) atoms. The SMILES string of the molecule is CN1CCN(c2ccccc2Oc2ccn(-c3ccc(N4CCCC4=O)cc3)c2)CC1. The summed E-state index contributed by atoms with van der Waals surface area (Å²) in [6.07, 6.45) is 5.59. The van der Waals surface area contributed by atoms with Crippen LogP contribution >= 0.6 is 0 Å². The number of hydrogen-bond donors (Lipinski definition) is 0. The fourth-order valence-electron chi connectivity index (χ4n) is 4.30. The molecule has 0 unspecified atom stereocenters. The van der Waals surface area contributed by atoms with Gasteiger partial charge in [-0.3, -0.25) is 4.79 Å². The van der Waals surface area contributed by atoms with Crippen molar-refractivity contribution < 1.29 is 9.53 Å². The number of benzene rings is 2. The van der Waals surface area contributed by atoms with E-state index in [1.54, 1.807) is 0 Å². The second kappa shape index (κ2) is 8.47. The zero-order valence-corrected chi connectivity index (χ0v) is 17.9. The molecule has 160 valence electrons. The minimum absolute atomic E-state index is 0.211. The van der Waals surface area contributed by atoms with Crippen molar-refractivity contribution in [3.05, 3.63) is 67.0 Å². The highest BCUT2D eigenvalue weighted by molar-refractivity contribution is 5.95. The number of aromatic nitrogens is 1. The lowest BCUT2D eigenvalue weighted by molar-refractivity contribution is -0.117. The molecule has 0 aliphatic carbocycles. The zero-order valence-electron chi connectivity index (χ0n) is 17.9. The Morgan fingerprint density at radius 2 is 1.58 bits per heavy atom. The van der Waals surface area contributed by atoms with E-state index in [-0.39, 0.29) is 5.91 Å². The summed E-state index contributed by atoms with van der Waals surface area (Å²) in [6, 6.07) is 18.4. The number of likely N-dealkylation sites (N-methyl/N-ethyl adjacent to an activating group) is 1. The molecule has 2 aromatic carbocycles. The molecule has 0 bridgehead atoms. The Labute approximate surface area is 183 Å². The van der Waals surface area contributed by atoms with Crippen LogP contribution in [0.3, 0.4) is 0 Å². The van der Waals surface area contributed by atoms with Crippen LogP contribution in [0.25, 0.3) is 5.69 Å². The molecule has 1 amide bonds. The van der Waals surface area contributed by atoms with Crippen molar-refractivity contribution >= 4 is 17.3 Å². The van der Waals surface area contributed by atoms with E-state index in [9.17, 15) is 4.79 Å². The molecule has 0 N–H and O–H groups in total. The predicted molar refractivity (Wildman–Crippen MR) is 124 cm³/mol. The topological polar surface area (TPSA) is 41.0 Å². The maximum absolute atomic E-state index is 12.0. The average Bonchev–Trinajstić information content (AvgIpc) is 3.44. The fourth-order valence-corrected chi connectivity index (χ4v) is 4.30. The van der Waals surface area contributed by atoms with E-state index in [0.717, 1.165) is 67.7 Å². The molecule has 0 atom stereocenters. The number of anilines is 2. The molecular formula is C25H28N4O2. The summed E-state index contributed by atoms with van der Waals surface area (Å²) in [5, 5.41) is 0. The first-order valence-electron chi connectivity index (χ1n) is 11.0. The Balaban J connectivity index is 1.31. The lowest BCUT2D eigenvalue weighted by Gasteiger charge is -2.34. The molecule has 5 rings (SSSR count). The highest BCUT2D eigenvalue weighted by Gasteiger charge is 2.21. The normalized spacial score (nSPS) is 17.4. The van der Waals surface area contributed by atoms with Gasteiger partial charge in [0.05, 0.1) is 11.9 Å². The van der Waals surface area contributed by atoms with Gasteiger partial charge in [0.2, 0.25) is 5.91 Å².